The lowest BCUT2D eigenvalue weighted by Crippen LogP contribution is -2.39. The van der Waals surface area contributed by atoms with E-state index < -0.39 is 10.0 Å². The van der Waals surface area contributed by atoms with Crippen molar-refractivity contribution in [2.45, 2.75) is 19.3 Å². The highest BCUT2D eigenvalue weighted by atomic mass is 127. The molecule has 1 aliphatic heterocycles. The highest BCUT2D eigenvalue weighted by Gasteiger charge is 2.27. The Morgan fingerprint density at radius 1 is 1.45 bits per heavy atom. The van der Waals surface area contributed by atoms with Gasteiger partial charge in [0, 0.05) is 28.6 Å². The number of piperidine rings is 1. The van der Waals surface area contributed by atoms with Crippen LogP contribution in [0.1, 0.15) is 29.6 Å². The molecule has 6 heteroatoms. The van der Waals surface area contributed by atoms with Crippen molar-refractivity contribution in [3.8, 4) is 0 Å². The first-order valence-electron chi connectivity index (χ1n) is 6.60. The summed E-state index contributed by atoms with van der Waals surface area (Å²) in [5, 5.41) is 0. The van der Waals surface area contributed by atoms with Gasteiger partial charge in [0.25, 0.3) is 0 Å². The van der Waals surface area contributed by atoms with Gasteiger partial charge in [-0.2, -0.15) is 0 Å². The predicted octanol–water partition coefficient (Wildman–Crippen LogP) is 2.54. The van der Waals surface area contributed by atoms with Gasteiger partial charge in [0.05, 0.1) is 6.26 Å². The van der Waals surface area contributed by atoms with Gasteiger partial charge in [0.2, 0.25) is 10.0 Å². The Bertz CT molecular complexity index is 600. The fourth-order valence-electron chi connectivity index (χ4n) is 2.54. The van der Waals surface area contributed by atoms with Crippen LogP contribution >= 0.6 is 22.6 Å². The van der Waals surface area contributed by atoms with Crippen molar-refractivity contribution < 1.29 is 13.2 Å². The molecule has 0 saturated carbocycles. The molecule has 0 radical (unpaired) electrons. The van der Waals surface area contributed by atoms with Gasteiger partial charge in [0.15, 0.2) is 5.78 Å². The van der Waals surface area contributed by atoms with Gasteiger partial charge < -0.3 is 0 Å². The second-order valence-corrected chi connectivity index (χ2v) is 8.49. The molecule has 1 saturated heterocycles. The van der Waals surface area contributed by atoms with Crippen molar-refractivity contribution in [2.75, 3.05) is 19.3 Å². The molecule has 1 fully saturated rings. The second kappa shape index (κ2) is 6.53. The molecule has 20 heavy (non-hydrogen) atoms. The summed E-state index contributed by atoms with van der Waals surface area (Å²) in [7, 11) is -3.15. The summed E-state index contributed by atoms with van der Waals surface area (Å²) in [5.74, 6) is 0.229. The summed E-state index contributed by atoms with van der Waals surface area (Å²) in [6, 6.07) is 7.52. The SMILES string of the molecule is CS(=O)(=O)N1CCCC(CC(=O)c2cccc(I)c2)C1. The molecule has 1 heterocycles. The Balaban J connectivity index is 2.01. The zero-order chi connectivity index (χ0) is 14.8. The van der Waals surface area contributed by atoms with Crippen LogP contribution in [0.25, 0.3) is 0 Å². The number of Topliss-reactive ketones (excluding diaryl/α,β-unsaturated/α-hetero) is 1. The van der Waals surface area contributed by atoms with Crippen molar-refractivity contribution in [3.63, 3.8) is 0 Å². The maximum Gasteiger partial charge on any atom is 0.211 e. The van der Waals surface area contributed by atoms with Gasteiger partial charge in [-0.05, 0) is 53.5 Å². The summed E-state index contributed by atoms with van der Waals surface area (Å²) in [6.07, 6.45) is 3.40. The average molecular weight is 407 g/mol. The summed E-state index contributed by atoms with van der Waals surface area (Å²) in [6.45, 7) is 1.04. The molecule has 0 amide bonds. The first-order valence-corrected chi connectivity index (χ1v) is 9.53. The number of carbonyl (C=O) groups excluding carboxylic acids is 1. The fraction of sp³-hybridized carbons (Fsp3) is 0.500. The van der Waals surface area contributed by atoms with Gasteiger partial charge in [0.1, 0.15) is 0 Å². The maximum atomic E-state index is 12.3. The molecule has 1 aromatic rings. The van der Waals surface area contributed by atoms with Crippen LogP contribution in [0.5, 0.6) is 0 Å². The molecule has 0 N–H and O–H groups in total. The number of hydrogen-bond donors (Lipinski definition) is 0. The van der Waals surface area contributed by atoms with E-state index in [1.54, 1.807) is 0 Å². The minimum atomic E-state index is -3.15. The van der Waals surface area contributed by atoms with Crippen LogP contribution in [0, 0.1) is 9.49 Å². The molecule has 1 unspecified atom stereocenters. The smallest absolute Gasteiger partial charge is 0.211 e. The van der Waals surface area contributed by atoms with E-state index >= 15 is 0 Å². The third-order valence-corrected chi connectivity index (χ3v) is 5.51. The standard InChI is InChI=1S/C14H18INO3S/c1-20(18,19)16-7-3-4-11(10-16)8-14(17)12-5-2-6-13(15)9-12/h2,5-6,9,11H,3-4,7-8,10H2,1H3. The normalized spacial score (nSPS) is 20.8. The van der Waals surface area contributed by atoms with E-state index in [-0.39, 0.29) is 11.7 Å². The van der Waals surface area contributed by atoms with E-state index in [9.17, 15) is 13.2 Å². The van der Waals surface area contributed by atoms with Gasteiger partial charge in [-0.25, -0.2) is 12.7 Å². The molecule has 4 nitrogen and oxygen atoms in total. The molecule has 1 aliphatic rings. The second-order valence-electron chi connectivity index (χ2n) is 5.27. The fourth-order valence-corrected chi connectivity index (χ4v) is 4.02. The summed E-state index contributed by atoms with van der Waals surface area (Å²) in [5.41, 5.74) is 0.716. The van der Waals surface area contributed by atoms with Crippen LogP contribution < -0.4 is 0 Å². The van der Waals surface area contributed by atoms with Gasteiger partial charge in [-0.3, -0.25) is 4.79 Å². The molecule has 0 aromatic heterocycles. The number of rotatable bonds is 4. The lowest BCUT2D eigenvalue weighted by atomic mass is 9.92. The summed E-state index contributed by atoms with van der Waals surface area (Å²) in [4.78, 5) is 12.3. The van der Waals surface area contributed by atoms with Gasteiger partial charge >= 0.3 is 0 Å². The molecule has 2 rings (SSSR count). The number of benzene rings is 1. The highest BCUT2D eigenvalue weighted by molar-refractivity contribution is 14.1. The van der Waals surface area contributed by atoms with Gasteiger partial charge in [-0.15, -0.1) is 0 Å². The van der Waals surface area contributed by atoms with Crippen molar-refractivity contribution in [3.05, 3.63) is 33.4 Å². The Labute approximate surface area is 133 Å². The lowest BCUT2D eigenvalue weighted by molar-refractivity contribution is 0.0942. The summed E-state index contributed by atoms with van der Waals surface area (Å²) >= 11 is 2.18. The van der Waals surface area contributed by atoms with Gasteiger partial charge in [-0.1, -0.05) is 12.1 Å². The molecule has 0 aliphatic carbocycles. The Kier molecular flexibility index (Phi) is 5.19. The number of carbonyl (C=O) groups is 1. The Morgan fingerprint density at radius 3 is 2.85 bits per heavy atom. The monoisotopic (exact) mass is 407 g/mol. The Morgan fingerprint density at radius 2 is 2.20 bits per heavy atom. The van der Waals surface area contributed by atoms with Crippen LogP contribution in [0.2, 0.25) is 0 Å². The largest absolute Gasteiger partial charge is 0.294 e. The molecular formula is C14H18INO3S. The van der Waals surface area contributed by atoms with Crippen molar-refractivity contribution >= 4 is 38.4 Å². The highest BCUT2D eigenvalue weighted by Crippen LogP contribution is 2.23. The zero-order valence-corrected chi connectivity index (χ0v) is 14.4. The van der Waals surface area contributed by atoms with Crippen LogP contribution in [0.3, 0.4) is 0 Å². The average Bonchev–Trinajstić information content (AvgIpc) is 2.38. The molecule has 0 spiro atoms. The predicted molar refractivity (Wildman–Crippen MR) is 87.2 cm³/mol. The molecule has 110 valence electrons. The van der Waals surface area contributed by atoms with E-state index in [2.05, 4.69) is 22.6 Å². The number of nitrogens with zero attached hydrogens (tertiary/aromatic N) is 1. The minimum Gasteiger partial charge on any atom is -0.294 e. The first kappa shape index (κ1) is 15.9. The molecular weight excluding hydrogens is 389 g/mol. The van der Waals surface area contributed by atoms with E-state index in [4.69, 9.17) is 0 Å². The Hall–Kier alpha value is -0.470. The number of sulfonamides is 1. The quantitative estimate of drug-likeness (QED) is 0.570. The van der Waals surface area contributed by atoms with Crippen LogP contribution in [0.4, 0.5) is 0 Å². The van der Waals surface area contributed by atoms with Crippen molar-refractivity contribution in [2.24, 2.45) is 5.92 Å². The molecule has 1 atom stereocenters. The third-order valence-electron chi connectivity index (χ3n) is 3.57. The van der Waals surface area contributed by atoms with E-state index in [0.29, 0.717) is 25.1 Å². The first-order chi connectivity index (χ1) is 9.36. The number of halogens is 1. The van der Waals surface area contributed by atoms with Crippen molar-refractivity contribution in [1.82, 2.24) is 4.31 Å². The van der Waals surface area contributed by atoms with Crippen LogP contribution in [-0.2, 0) is 10.0 Å². The van der Waals surface area contributed by atoms with E-state index in [1.807, 2.05) is 24.3 Å². The molecule has 0 bridgehead atoms. The third kappa shape index (κ3) is 4.26. The van der Waals surface area contributed by atoms with Crippen LogP contribution in [-0.4, -0.2) is 37.9 Å². The molecule has 1 aromatic carbocycles. The lowest BCUT2D eigenvalue weighted by Gasteiger charge is -2.30. The number of ketones is 1. The maximum absolute atomic E-state index is 12.3. The number of hydrogen-bond acceptors (Lipinski definition) is 3. The zero-order valence-electron chi connectivity index (χ0n) is 11.4. The van der Waals surface area contributed by atoms with E-state index in [0.717, 1.165) is 16.4 Å². The van der Waals surface area contributed by atoms with Crippen molar-refractivity contribution in [1.29, 1.82) is 0 Å². The minimum absolute atomic E-state index is 0.101. The van der Waals surface area contributed by atoms with E-state index in [1.165, 1.54) is 10.6 Å². The summed E-state index contributed by atoms with van der Waals surface area (Å²) < 4.78 is 25.7. The topological polar surface area (TPSA) is 54.5 Å². The van der Waals surface area contributed by atoms with Crippen LogP contribution in [0.15, 0.2) is 24.3 Å².